The lowest BCUT2D eigenvalue weighted by molar-refractivity contribution is -0.122. The molecule has 2 N–H and O–H groups in total. The molecule has 0 bridgehead atoms. The van der Waals surface area contributed by atoms with Crippen LogP contribution in [0.25, 0.3) is 0 Å². The second-order valence-electron chi connectivity index (χ2n) is 6.69. The molecule has 1 atom stereocenters. The molecule has 2 aliphatic rings. The van der Waals surface area contributed by atoms with Crippen molar-refractivity contribution in [2.75, 3.05) is 19.6 Å². The third kappa shape index (κ3) is 3.64. The quantitative estimate of drug-likeness (QED) is 0.892. The first-order chi connectivity index (χ1) is 10.2. The Labute approximate surface area is 126 Å². The lowest BCUT2D eigenvalue weighted by Gasteiger charge is -2.30. The number of hydrogen-bond acceptors (Lipinski definition) is 3. The molecule has 1 aliphatic carbocycles. The second-order valence-corrected chi connectivity index (χ2v) is 6.69. The summed E-state index contributed by atoms with van der Waals surface area (Å²) >= 11 is 0. The largest absolute Gasteiger partial charge is 0.355 e. The first-order valence-corrected chi connectivity index (χ1v) is 8.23. The van der Waals surface area contributed by atoms with Crippen molar-refractivity contribution in [3.8, 4) is 0 Å². The van der Waals surface area contributed by atoms with Gasteiger partial charge in [-0.05, 0) is 18.8 Å². The monoisotopic (exact) mass is 290 g/mol. The van der Waals surface area contributed by atoms with E-state index >= 15 is 0 Å². The van der Waals surface area contributed by atoms with Crippen molar-refractivity contribution in [1.29, 1.82) is 0 Å². The van der Waals surface area contributed by atoms with Gasteiger partial charge in [-0.25, -0.2) is 0 Å². The molecule has 1 aromatic rings. The molecular weight excluding hydrogens is 264 g/mol. The fraction of sp³-hybridized carbons (Fsp3) is 0.750. The maximum absolute atomic E-state index is 12.1. The Morgan fingerprint density at radius 1 is 1.43 bits per heavy atom. The van der Waals surface area contributed by atoms with Crippen molar-refractivity contribution in [1.82, 2.24) is 20.4 Å². The van der Waals surface area contributed by atoms with Crippen molar-refractivity contribution in [3.05, 3.63) is 17.5 Å². The van der Waals surface area contributed by atoms with Crippen LogP contribution in [-0.4, -0.2) is 40.6 Å². The van der Waals surface area contributed by atoms with Crippen molar-refractivity contribution >= 4 is 5.91 Å². The zero-order valence-electron chi connectivity index (χ0n) is 12.9. The summed E-state index contributed by atoms with van der Waals surface area (Å²) in [5.41, 5.74) is 2.46. The van der Waals surface area contributed by atoms with Crippen molar-refractivity contribution in [2.24, 2.45) is 5.92 Å². The van der Waals surface area contributed by atoms with E-state index in [2.05, 4.69) is 27.3 Å². The number of rotatable bonds is 4. The number of H-pyrrole nitrogens is 1. The van der Waals surface area contributed by atoms with Gasteiger partial charge in [-0.3, -0.25) is 14.8 Å². The van der Waals surface area contributed by atoms with E-state index < -0.39 is 0 Å². The average Bonchev–Trinajstić information content (AvgIpc) is 2.95. The van der Waals surface area contributed by atoms with E-state index in [0.717, 1.165) is 19.6 Å². The Morgan fingerprint density at radius 3 is 3.05 bits per heavy atom. The van der Waals surface area contributed by atoms with Gasteiger partial charge in [-0.2, -0.15) is 5.10 Å². The van der Waals surface area contributed by atoms with Gasteiger partial charge in [0.25, 0.3) is 0 Å². The SMILES string of the molecule is C[C@@H]1CN(CC(=O)NCC2CCCCC2)Cc2cn[nH]c21. The highest BCUT2D eigenvalue weighted by Gasteiger charge is 2.25. The van der Waals surface area contributed by atoms with Gasteiger partial charge in [0.05, 0.1) is 12.7 Å². The summed E-state index contributed by atoms with van der Waals surface area (Å²) in [7, 11) is 0. The van der Waals surface area contributed by atoms with Gasteiger partial charge in [0, 0.05) is 36.8 Å². The van der Waals surface area contributed by atoms with Gasteiger partial charge >= 0.3 is 0 Å². The van der Waals surface area contributed by atoms with Gasteiger partial charge in [-0.1, -0.05) is 26.2 Å². The molecule has 1 saturated carbocycles. The molecule has 0 aromatic carbocycles. The Balaban J connectivity index is 1.45. The summed E-state index contributed by atoms with van der Waals surface area (Å²) in [5, 5.41) is 10.3. The summed E-state index contributed by atoms with van der Waals surface area (Å²) in [6, 6.07) is 0. The van der Waals surface area contributed by atoms with Crippen molar-refractivity contribution in [3.63, 3.8) is 0 Å². The minimum Gasteiger partial charge on any atom is -0.355 e. The normalized spacial score (nSPS) is 23.8. The van der Waals surface area contributed by atoms with Crippen LogP contribution in [0.5, 0.6) is 0 Å². The number of carbonyl (C=O) groups is 1. The molecule has 0 unspecified atom stereocenters. The fourth-order valence-corrected chi connectivity index (χ4v) is 3.69. The number of amides is 1. The summed E-state index contributed by atoms with van der Waals surface area (Å²) in [5.74, 6) is 1.28. The number of carbonyl (C=O) groups excluding carboxylic acids is 1. The van der Waals surface area contributed by atoms with Crippen LogP contribution in [0, 0.1) is 5.92 Å². The molecule has 1 aromatic heterocycles. The molecule has 3 rings (SSSR count). The van der Waals surface area contributed by atoms with E-state index in [-0.39, 0.29) is 5.91 Å². The third-order valence-corrected chi connectivity index (χ3v) is 4.85. The van der Waals surface area contributed by atoms with Crippen LogP contribution in [0.4, 0.5) is 0 Å². The van der Waals surface area contributed by atoms with Crippen LogP contribution >= 0.6 is 0 Å². The van der Waals surface area contributed by atoms with E-state index in [1.165, 1.54) is 43.4 Å². The van der Waals surface area contributed by atoms with Crippen LogP contribution in [0.3, 0.4) is 0 Å². The number of hydrogen-bond donors (Lipinski definition) is 2. The Hall–Kier alpha value is -1.36. The Morgan fingerprint density at radius 2 is 2.24 bits per heavy atom. The summed E-state index contributed by atoms with van der Waals surface area (Å²) in [6.45, 7) is 5.29. The number of nitrogens with one attached hydrogen (secondary N) is 2. The average molecular weight is 290 g/mol. The van der Waals surface area contributed by atoms with Crippen LogP contribution in [0.15, 0.2) is 6.20 Å². The molecule has 116 valence electrons. The summed E-state index contributed by atoms with van der Waals surface area (Å²) in [4.78, 5) is 14.4. The topological polar surface area (TPSA) is 61.0 Å². The lowest BCUT2D eigenvalue weighted by atomic mass is 9.89. The second kappa shape index (κ2) is 6.60. The van der Waals surface area contributed by atoms with Gasteiger partial charge < -0.3 is 5.32 Å². The van der Waals surface area contributed by atoms with Crippen LogP contribution in [0.2, 0.25) is 0 Å². The van der Waals surface area contributed by atoms with Crippen LogP contribution < -0.4 is 5.32 Å². The number of aromatic amines is 1. The van der Waals surface area contributed by atoms with Crippen molar-refractivity contribution in [2.45, 2.75) is 51.5 Å². The maximum Gasteiger partial charge on any atom is 0.234 e. The smallest absolute Gasteiger partial charge is 0.234 e. The predicted molar refractivity (Wildman–Crippen MR) is 81.9 cm³/mol. The summed E-state index contributed by atoms with van der Waals surface area (Å²) in [6.07, 6.45) is 8.46. The highest BCUT2D eigenvalue weighted by Crippen LogP contribution is 2.25. The minimum absolute atomic E-state index is 0.166. The van der Waals surface area contributed by atoms with Crippen LogP contribution in [-0.2, 0) is 11.3 Å². The van der Waals surface area contributed by atoms with Gasteiger partial charge in [0.15, 0.2) is 0 Å². The first-order valence-electron chi connectivity index (χ1n) is 8.23. The molecule has 5 heteroatoms. The summed E-state index contributed by atoms with van der Waals surface area (Å²) < 4.78 is 0. The van der Waals surface area contributed by atoms with Gasteiger partial charge in [0.2, 0.25) is 5.91 Å². The standard InChI is InChI=1S/C16H26N4O/c1-12-9-20(10-14-8-18-19-16(12)14)11-15(21)17-7-13-5-3-2-4-6-13/h8,12-13H,2-7,9-11H2,1H3,(H,17,21)(H,18,19)/t12-/m1/s1. The molecule has 1 amide bonds. The van der Waals surface area contributed by atoms with E-state index in [1.807, 2.05) is 6.20 Å². The highest BCUT2D eigenvalue weighted by atomic mass is 16.2. The van der Waals surface area contributed by atoms with Crippen molar-refractivity contribution < 1.29 is 4.79 Å². The molecule has 0 saturated heterocycles. The first kappa shape index (κ1) is 14.6. The Kier molecular flexibility index (Phi) is 4.58. The lowest BCUT2D eigenvalue weighted by Crippen LogP contribution is -2.42. The van der Waals surface area contributed by atoms with E-state index in [4.69, 9.17) is 0 Å². The minimum atomic E-state index is 0.166. The molecular formula is C16H26N4O. The third-order valence-electron chi connectivity index (χ3n) is 4.85. The molecule has 0 radical (unpaired) electrons. The molecule has 1 aliphatic heterocycles. The molecule has 21 heavy (non-hydrogen) atoms. The number of nitrogens with zero attached hydrogens (tertiary/aromatic N) is 2. The van der Waals surface area contributed by atoms with Crippen LogP contribution in [0.1, 0.15) is 56.2 Å². The maximum atomic E-state index is 12.1. The predicted octanol–water partition coefficient (Wildman–Crippen LogP) is 2.03. The zero-order valence-corrected chi connectivity index (χ0v) is 12.9. The van der Waals surface area contributed by atoms with E-state index in [1.54, 1.807) is 0 Å². The van der Waals surface area contributed by atoms with Gasteiger partial charge in [-0.15, -0.1) is 0 Å². The zero-order chi connectivity index (χ0) is 14.7. The molecule has 1 fully saturated rings. The molecule has 5 nitrogen and oxygen atoms in total. The molecule has 0 spiro atoms. The number of fused-ring (bicyclic) bond motifs is 1. The fourth-order valence-electron chi connectivity index (χ4n) is 3.69. The van der Waals surface area contributed by atoms with E-state index in [9.17, 15) is 4.79 Å². The highest BCUT2D eigenvalue weighted by molar-refractivity contribution is 5.78. The van der Waals surface area contributed by atoms with E-state index in [0.29, 0.717) is 18.4 Å². The number of aromatic nitrogens is 2. The van der Waals surface area contributed by atoms with Gasteiger partial charge in [0.1, 0.15) is 0 Å². The molecule has 2 heterocycles. The Bertz CT molecular complexity index is 478.